The van der Waals surface area contributed by atoms with Crippen molar-refractivity contribution in [3.05, 3.63) is 18.0 Å². The van der Waals surface area contributed by atoms with E-state index in [0.29, 0.717) is 11.8 Å². The highest BCUT2D eigenvalue weighted by molar-refractivity contribution is 7.85. The summed E-state index contributed by atoms with van der Waals surface area (Å²) in [6, 6.07) is 0. The van der Waals surface area contributed by atoms with Crippen LogP contribution in [0.2, 0.25) is 0 Å². The average Bonchev–Trinajstić information content (AvgIpc) is 2.31. The molecule has 1 heterocycles. The highest BCUT2D eigenvalue weighted by atomic mass is 32.2. The van der Waals surface area contributed by atoms with Crippen molar-refractivity contribution in [1.82, 2.24) is 10.2 Å². The fraction of sp³-hybridized carbons (Fsp3) is 0.200. The number of aromatic amines is 1. The lowest BCUT2D eigenvalue weighted by Crippen LogP contribution is -2.09. The predicted molar refractivity (Wildman–Crippen MR) is 44.6 cm³/mol. The maximum Gasteiger partial charge on any atom is 0.261 e. The highest BCUT2D eigenvalue weighted by Gasteiger charge is 1.96. The van der Waals surface area contributed by atoms with Crippen molar-refractivity contribution in [1.29, 1.82) is 0 Å². The summed E-state index contributed by atoms with van der Waals surface area (Å²) in [4.78, 5) is 10.2. The molecule has 0 spiro atoms. The number of nitrogens with one attached hydrogen (secondary N) is 1. The van der Waals surface area contributed by atoms with E-state index in [9.17, 15) is 13.2 Å². The van der Waals surface area contributed by atoms with Crippen LogP contribution >= 0.6 is 0 Å². The van der Waals surface area contributed by atoms with Gasteiger partial charge in [0.2, 0.25) is 0 Å². The van der Waals surface area contributed by atoms with Crippen molar-refractivity contribution < 1.29 is 17.8 Å². The number of aromatic nitrogens is 2. The van der Waals surface area contributed by atoms with Gasteiger partial charge >= 0.3 is 0 Å². The van der Waals surface area contributed by atoms with Gasteiger partial charge in [0.1, 0.15) is 0 Å². The van der Waals surface area contributed by atoms with E-state index in [1.54, 1.807) is 0 Å². The molecular formula is C5H9N3O4S. The average molecular weight is 207 g/mol. The number of carbonyl (C=O) groups excluding carboxylic acids is 1. The number of nitrogens with zero attached hydrogens (tertiary/aromatic N) is 1. The van der Waals surface area contributed by atoms with E-state index in [1.807, 2.05) is 0 Å². The van der Waals surface area contributed by atoms with Crippen LogP contribution in [0.25, 0.3) is 0 Å². The molecule has 0 unspecified atom stereocenters. The molecule has 7 nitrogen and oxygen atoms in total. The van der Waals surface area contributed by atoms with E-state index >= 15 is 0 Å². The minimum absolute atomic E-state index is 0.407. The predicted octanol–water partition coefficient (Wildman–Crippen LogP) is -0.987. The Kier molecular flexibility index (Phi) is 4.08. The summed E-state index contributed by atoms with van der Waals surface area (Å²) >= 11 is 0. The lowest BCUT2D eigenvalue weighted by atomic mass is 10.4. The Morgan fingerprint density at radius 1 is 1.69 bits per heavy atom. The van der Waals surface area contributed by atoms with Crippen LogP contribution in [0.1, 0.15) is 10.4 Å². The van der Waals surface area contributed by atoms with Gasteiger partial charge in [-0.1, -0.05) is 0 Å². The Labute approximate surface area is 74.7 Å². The van der Waals surface area contributed by atoms with Crippen molar-refractivity contribution in [2.45, 2.75) is 0 Å². The van der Waals surface area contributed by atoms with E-state index in [2.05, 4.69) is 10.2 Å². The molecule has 0 aliphatic carbocycles. The molecule has 13 heavy (non-hydrogen) atoms. The molecule has 0 saturated heterocycles. The molecule has 0 bridgehead atoms. The van der Waals surface area contributed by atoms with Gasteiger partial charge in [0, 0.05) is 6.20 Å². The first-order chi connectivity index (χ1) is 5.80. The normalized spacial score (nSPS) is 10.0. The second-order valence-electron chi connectivity index (χ2n) is 2.08. The summed E-state index contributed by atoms with van der Waals surface area (Å²) in [6.45, 7) is 0. The molecule has 0 saturated carbocycles. The molecule has 74 valence electrons. The lowest BCUT2D eigenvalue weighted by Gasteiger charge is -1.78. The Balaban J connectivity index is 0.000000252. The zero-order chi connectivity index (χ0) is 10.5. The summed E-state index contributed by atoms with van der Waals surface area (Å²) in [7, 11) is -3.67. The largest absolute Gasteiger partial charge is 0.366 e. The Morgan fingerprint density at radius 2 is 2.15 bits per heavy atom. The van der Waals surface area contributed by atoms with Crippen LogP contribution in [0, 0.1) is 0 Å². The van der Waals surface area contributed by atoms with Crippen LogP contribution in [-0.4, -0.2) is 35.3 Å². The molecule has 0 atom stereocenters. The third-order valence-electron chi connectivity index (χ3n) is 0.783. The van der Waals surface area contributed by atoms with Crippen molar-refractivity contribution in [2.75, 3.05) is 6.26 Å². The minimum atomic E-state index is -3.67. The second kappa shape index (κ2) is 4.58. The number of amides is 1. The van der Waals surface area contributed by atoms with E-state index in [0.717, 1.165) is 0 Å². The third-order valence-corrected chi connectivity index (χ3v) is 0.783. The number of carbonyl (C=O) groups is 1. The Bertz CT molecular complexity index is 347. The second-order valence-corrected chi connectivity index (χ2v) is 3.55. The van der Waals surface area contributed by atoms with Crippen LogP contribution in [0.4, 0.5) is 0 Å². The van der Waals surface area contributed by atoms with Crippen LogP contribution in [0.3, 0.4) is 0 Å². The standard InChI is InChI=1S/C4H5N3O.CH4O3S/c5-4(8)3-1-6-7-2-3;1-5(2,3)4/h1-2H,(H2,5,8)(H,6,7);1H3,(H,2,3,4). The third kappa shape index (κ3) is 8.50. The van der Waals surface area contributed by atoms with Gasteiger partial charge in [-0.3, -0.25) is 14.4 Å². The number of H-pyrrole nitrogens is 1. The topological polar surface area (TPSA) is 126 Å². The summed E-state index contributed by atoms with van der Waals surface area (Å²) in [5, 5.41) is 5.98. The molecule has 1 rings (SSSR count). The van der Waals surface area contributed by atoms with Gasteiger partial charge in [-0.25, -0.2) is 0 Å². The molecule has 1 amide bonds. The molecule has 0 aromatic carbocycles. The molecule has 0 fully saturated rings. The van der Waals surface area contributed by atoms with Crippen LogP contribution in [0.15, 0.2) is 12.4 Å². The van der Waals surface area contributed by atoms with Gasteiger partial charge < -0.3 is 5.73 Å². The van der Waals surface area contributed by atoms with Crippen LogP contribution in [0.5, 0.6) is 0 Å². The number of hydrogen-bond donors (Lipinski definition) is 3. The number of primary amides is 1. The smallest absolute Gasteiger partial charge is 0.261 e. The first-order valence-corrected chi connectivity index (χ1v) is 4.86. The number of rotatable bonds is 1. The number of nitrogens with two attached hydrogens (primary N) is 1. The van der Waals surface area contributed by atoms with E-state index < -0.39 is 16.0 Å². The van der Waals surface area contributed by atoms with Gasteiger partial charge in [-0.05, 0) is 0 Å². The van der Waals surface area contributed by atoms with Crippen molar-refractivity contribution in [3.8, 4) is 0 Å². The first kappa shape index (κ1) is 11.6. The van der Waals surface area contributed by atoms with Crippen molar-refractivity contribution in [2.24, 2.45) is 5.73 Å². The molecule has 8 heteroatoms. The summed E-state index contributed by atoms with van der Waals surface area (Å²) in [6.07, 6.45) is 3.54. The highest BCUT2D eigenvalue weighted by Crippen LogP contribution is 1.88. The fourth-order valence-corrected chi connectivity index (χ4v) is 0.386. The molecular weight excluding hydrogens is 198 g/mol. The first-order valence-electron chi connectivity index (χ1n) is 3.01. The zero-order valence-corrected chi connectivity index (χ0v) is 7.58. The van der Waals surface area contributed by atoms with E-state index in [1.165, 1.54) is 12.4 Å². The number of hydrogen-bond acceptors (Lipinski definition) is 4. The maximum atomic E-state index is 10.2. The molecule has 4 N–H and O–H groups in total. The van der Waals surface area contributed by atoms with Crippen LogP contribution < -0.4 is 5.73 Å². The van der Waals surface area contributed by atoms with Crippen molar-refractivity contribution >= 4 is 16.0 Å². The fourth-order valence-electron chi connectivity index (χ4n) is 0.386. The summed E-state index contributed by atoms with van der Waals surface area (Å²) < 4.78 is 25.9. The monoisotopic (exact) mass is 207 g/mol. The maximum absolute atomic E-state index is 10.2. The van der Waals surface area contributed by atoms with E-state index in [4.69, 9.17) is 10.3 Å². The Morgan fingerprint density at radius 3 is 2.31 bits per heavy atom. The van der Waals surface area contributed by atoms with Gasteiger partial charge in [-0.15, -0.1) is 0 Å². The van der Waals surface area contributed by atoms with Gasteiger partial charge in [0.25, 0.3) is 16.0 Å². The van der Waals surface area contributed by atoms with Gasteiger partial charge in [0.15, 0.2) is 0 Å². The zero-order valence-electron chi connectivity index (χ0n) is 6.76. The molecule has 1 aromatic rings. The molecule has 0 aliphatic rings. The SMILES string of the molecule is CS(=O)(=O)O.NC(=O)c1cn[nH]c1. The van der Waals surface area contributed by atoms with Crippen molar-refractivity contribution in [3.63, 3.8) is 0 Å². The Hall–Kier alpha value is -1.41. The van der Waals surface area contributed by atoms with Gasteiger partial charge in [-0.2, -0.15) is 13.5 Å². The molecule has 1 aromatic heterocycles. The quantitative estimate of drug-likeness (QED) is 0.510. The summed E-state index contributed by atoms with van der Waals surface area (Å²) in [5.41, 5.74) is 5.27. The summed E-state index contributed by atoms with van der Waals surface area (Å²) in [5.74, 6) is -0.459. The minimum Gasteiger partial charge on any atom is -0.366 e. The lowest BCUT2D eigenvalue weighted by molar-refractivity contribution is 0.100. The van der Waals surface area contributed by atoms with E-state index in [-0.39, 0.29) is 0 Å². The molecule has 0 radical (unpaired) electrons. The van der Waals surface area contributed by atoms with Crippen LogP contribution in [-0.2, 0) is 10.1 Å². The van der Waals surface area contributed by atoms with Gasteiger partial charge in [0.05, 0.1) is 18.0 Å². The molecule has 0 aliphatic heterocycles.